The Bertz CT molecular complexity index is 346. The van der Waals surface area contributed by atoms with Crippen molar-refractivity contribution in [3.8, 4) is 0 Å². The zero-order chi connectivity index (χ0) is 13.6. The van der Waals surface area contributed by atoms with Crippen LogP contribution in [0.2, 0.25) is 0 Å². The molecule has 0 unspecified atom stereocenters. The third kappa shape index (κ3) is 4.56. The molecule has 0 radical (unpaired) electrons. The Labute approximate surface area is 106 Å². The maximum absolute atomic E-state index is 12.4. The lowest BCUT2D eigenvalue weighted by Crippen LogP contribution is -2.29. The number of likely N-dealkylation sites (N-methyl/N-ethyl adjacent to an activating group) is 1. The molecule has 5 heteroatoms. The minimum absolute atomic E-state index is 0.608. The predicted octanol–water partition coefficient (Wildman–Crippen LogP) is 3.14. The molecule has 0 aliphatic rings. The first-order chi connectivity index (χ1) is 8.45. The fourth-order valence-electron chi connectivity index (χ4n) is 1.58. The van der Waals surface area contributed by atoms with Crippen molar-refractivity contribution in [2.45, 2.75) is 19.5 Å². The Morgan fingerprint density at radius 1 is 1.11 bits per heavy atom. The summed E-state index contributed by atoms with van der Waals surface area (Å²) in [7, 11) is 1.87. The number of anilines is 1. The molecule has 0 saturated heterocycles. The van der Waals surface area contributed by atoms with E-state index >= 15 is 0 Å². The maximum atomic E-state index is 12.4. The van der Waals surface area contributed by atoms with Gasteiger partial charge in [-0.15, -0.1) is 0 Å². The van der Waals surface area contributed by atoms with Crippen LogP contribution in [0.5, 0.6) is 0 Å². The third-order valence-electron chi connectivity index (χ3n) is 2.69. The molecule has 18 heavy (non-hydrogen) atoms. The van der Waals surface area contributed by atoms with Crippen molar-refractivity contribution in [1.82, 2.24) is 5.32 Å². The summed E-state index contributed by atoms with van der Waals surface area (Å²) < 4.78 is 37.2. The van der Waals surface area contributed by atoms with Crippen molar-refractivity contribution < 1.29 is 13.2 Å². The summed E-state index contributed by atoms with van der Waals surface area (Å²) in [6.07, 6.45) is -3.19. The fraction of sp³-hybridized carbons (Fsp3) is 0.538. The Morgan fingerprint density at radius 3 is 2.22 bits per heavy atom. The molecule has 0 amide bonds. The van der Waals surface area contributed by atoms with Gasteiger partial charge in [-0.3, -0.25) is 0 Å². The normalized spacial score (nSPS) is 11.6. The Morgan fingerprint density at radius 2 is 1.72 bits per heavy atom. The molecule has 1 aromatic rings. The van der Waals surface area contributed by atoms with Crippen molar-refractivity contribution in [2.24, 2.45) is 0 Å². The molecule has 0 aliphatic heterocycles. The van der Waals surface area contributed by atoms with E-state index in [1.807, 2.05) is 11.9 Å². The Kier molecular flexibility index (Phi) is 5.47. The average Bonchev–Trinajstić information content (AvgIpc) is 2.33. The summed E-state index contributed by atoms with van der Waals surface area (Å²) in [6, 6.07) is 5.24. The monoisotopic (exact) mass is 260 g/mol. The summed E-state index contributed by atoms with van der Waals surface area (Å²) in [6.45, 7) is 4.64. The number of rotatable bonds is 6. The molecule has 1 N–H and O–H groups in total. The van der Waals surface area contributed by atoms with E-state index in [-0.39, 0.29) is 0 Å². The van der Waals surface area contributed by atoms with Crippen molar-refractivity contribution >= 4 is 5.69 Å². The van der Waals surface area contributed by atoms with Crippen LogP contribution in [0.3, 0.4) is 0 Å². The van der Waals surface area contributed by atoms with E-state index in [4.69, 9.17) is 0 Å². The summed E-state index contributed by atoms with van der Waals surface area (Å²) in [5.74, 6) is 0. The molecule has 0 fully saturated rings. The van der Waals surface area contributed by atoms with Gasteiger partial charge in [-0.2, -0.15) is 13.2 Å². The van der Waals surface area contributed by atoms with E-state index in [0.717, 1.165) is 43.9 Å². The lowest BCUT2D eigenvalue weighted by atomic mass is 10.2. The lowest BCUT2D eigenvalue weighted by molar-refractivity contribution is -0.137. The van der Waals surface area contributed by atoms with Crippen LogP contribution in [-0.4, -0.2) is 26.7 Å². The van der Waals surface area contributed by atoms with Crippen LogP contribution in [0.1, 0.15) is 18.9 Å². The first-order valence-electron chi connectivity index (χ1n) is 6.04. The van der Waals surface area contributed by atoms with Crippen LogP contribution in [-0.2, 0) is 6.18 Å². The van der Waals surface area contributed by atoms with Crippen molar-refractivity contribution in [3.63, 3.8) is 0 Å². The van der Waals surface area contributed by atoms with E-state index in [0.29, 0.717) is 0 Å². The highest BCUT2D eigenvalue weighted by molar-refractivity contribution is 5.47. The quantitative estimate of drug-likeness (QED) is 0.790. The molecule has 2 nitrogen and oxygen atoms in total. The van der Waals surface area contributed by atoms with E-state index in [2.05, 4.69) is 12.2 Å². The minimum atomic E-state index is -4.26. The number of hydrogen-bond acceptors (Lipinski definition) is 2. The molecule has 0 heterocycles. The van der Waals surface area contributed by atoms with Crippen molar-refractivity contribution in [3.05, 3.63) is 29.8 Å². The number of benzene rings is 1. The van der Waals surface area contributed by atoms with Gasteiger partial charge in [0.1, 0.15) is 0 Å². The van der Waals surface area contributed by atoms with Crippen molar-refractivity contribution in [2.75, 3.05) is 31.6 Å². The molecule has 0 spiro atoms. The van der Waals surface area contributed by atoms with Crippen LogP contribution in [0.4, 0.5) is 18.9 Å². The molecule has 102 valence electrons. The molecular formula is C13H19F3N2. The van der Waals surface area contributed by atoms with Crippen LogP contribution >= 0.6 is 0 Å². The van der Waals surface area contributed by atoms with Crippen LogP contribution in [0.25, 0.3) is 0 Å². The zero-order valence-electron chi connectivity index (χ0n) is 10.7. The van der Waals surface area contributed by atoms with Gasteiger partial charge >= 0.3 is 6.18 Å². The van der Waals surface area contributed by atoms with Gasteiger partial charge < -0.3 is 10.2 Å². The lowest BCUT2D eigenvalue weighted by Gasteiger charge is -2.20. The van der Waals surface area contributed by atoms with Gasteiger partial charge in [-0.05, 0) is 37.2 Å². The largest absolute Gasteiger partial charge is 0.416 e. The Balaban J connectivity index is 2.51. The second-order valence-electron chi connectivity index (χ2n) is 4.22. The van der Waals surface area contributed by atoms with E-state index < -0.39 is 11.7 Å². The number of halogens is 3. The zero-order valence-corrected chi connectivity index (χ0v) is 10.7. The highest BCUT2D eigenvalue weighted by Crippen LogP contribution is 2.30. The molecule has 0 aliphatic carbocycles. The standard InChI is InChI=1S/C13H19F3N2/c1-3-8-17-9-10-18(2)12-6-4-11(5-7-12)13(14,15)16/h4-7,17H,3,8-10H2,1-2H3. The number of hydrogen-bond donors (Lipinski definition) is 1. The van der Waals surface area contributed by atoms with Gasteiger partial charge in [0.05, 0.1) is 5.56 Å². The topological polar surface area (TPSA) is 15.3 Å². The van der Waals surface area contributed by atoms with Crippen LogP contribution < -0.4 is 10.2 Å². The Hall–Kier alpha value is -1.23. The van der Waals surface area contributed by atoms with Gasteiger partial charge in [0.15, 0.2) is 0 Å². The molecule has 1 rings (SSSR count). The smallest absolute Gasteiger partial charge is 0.373 e. The first kappa shape index (κ1) is 14.8. The molecule has 1 aromatic carbocycles. The van der Waals surface area contributed by atoms with Gasteiger partial charge in [0.25, 0.3) is 0 Å². The van der Waals surface area contributed by atoms with E-state index in [9.17, 15) is 13.2 Å². The highest BCUT2D eigenvalue weighted by Gasteiger charge is 2.29. The van der Waals surface area contributed by atoms with Gasteiger partial charge in [0.2, 0.25) is 0 Å². The summed E-state index contributed by atoms with van der Waals surface area (Å²) in [5, 5.41) is 3.25. The second-order valence-corrected chi connectivity index (χ2v) is 4.22. The summed E-state index contributed by atoms with van der Waals surface area (Å²) in [4.78, 5) is 1.93. The molecule has 0 saturated carbocycles. The van der Waals surface area contributed by atoms with Gasteiger partial charge in [-0.25, -0.2) is 0 Å². The minimum Gasteiger partial charge on any atom is -0.373 e. The first-order valence-corrected chi connectivity index (χ1v) is 6.04. The SMILES string of the molecule is CCCNCCN(C)c1ccc(C(F)(F)F)cc1. The maximum Gasteiger partial charge on any atom is 0.416 e. The fourth-order valence-corrected chi connectivity index (χ4v) is 1.58. The van der Waals surface area contributed by atoms with E-state index in [1.165, 1.54) is 12.1 Å². The van der Waals surface area contributed by atoms with Gasteiger partial charge in [0, 0.05) is 25.8 Å². The highest BCUT2D eigenvalue weighted by atomic mass is 19.4. The molecular weight excluding hydrogens is 241 g/mol. The third-order valence-corrected chi connectivity index (χ3v) is 2.69. The molecule has 0 bridgehead atoms. The average molecular weight is 260 g/mol. The van der Waals surface area contributed by atoms with Gasteiger partial charge in [-0.1, -0.05) is 6.92 Å². The summed E-state index contributed by atoms with van der Waals surface area (Å²) >= 11 is 0. The second kappa shape index (κ2) is 6.64. The number of nitrogens with zero attached hydrogens (tertiary/aromatic N) is 1. The molecule has 0 aromatic heterocycles. The van der Waals surface area contributed by atoms with Crippen molar-refractivity contribution in [1.29, 1.82) is 0 Å². The number of alkyl halides is 3. The van der Waals surface area contributed by atoms with E-state index in [1.54, 1.807) is 0 Å². The predicted molar refractivity (Wildman–Crippen MR) is 67.9 cm³/mol. The summed E-state index contributed by atoms with van der Waals surface area (Å²) in [5.41, 5.74) is 0.185. The molecule has 0 atom stereocenters. The van der Waals surface area contributed by atoms with Crippen LogP contribution in [0, 0.1) is 0 Å². The van der Waals surface area contributed by atoms with Crippen LogP contribution in [0.15, 0.2) is 24.3 Å². The number of nitrogens with one attached hydrogen (secondary N) is 1.